The number of halogens is 3. The Kier molecular flexibility index (Phi) is 6.40. The number of nitrogens with zero attached hydrogens (tertiary/aromatic N) is 6. The van der Waals surface area contributed by atoms with Gasteiger partial charge >= 0.3 is 6.36 Å². The summed E-state index contributed by atoms with van der Waals surface area (Å²) in [5, 5.41) is 9.90. The van der Waals surface area contributed by atoms with E-state index in [1.54, 1.807) is 37.1 Å². The predicted molar refractivity (Wildman–Crippen MR) is 131 cm³/mol. The first kappa shape index (κ1) is 24.8. The van der Waals surface area contributed by atoms with Gasteiger partial charge in [-0.05, 0) is 43.7 Å². The van der Waals surface area contributed by atoms with Crippen molar-refractivity contribution in [3.63, 3.8) is 0 Å². The summed E-state index contributed by atoms with van der Waals surface area (Å²) in [7, 11) is 5.30. The number of rotatable bonds is 5. The lowest BCUT2D eigenvalue weighted by atomic mass is 9.93. The predicted octanol–water partition coefficient (Wildman–Crippen LogP) is 2.73. The third-order valence-electron chi connectivity index (χ3n) is 6.62. The van der Waals surface area contributed by atoms with Gasteiger partial charge in [-0.2, -0.15) is 5.10 Å². The van der Waals surface area contributed by atoms with Crippen LogP contribution < -0.4 is 20.3 Å². The molecule has 0 radical (unpaired) electrons. The maximum atomic E-state index is 13.2. The SMILES string of the molecule is CNC(=O)c1nn(C)c2c1CCc1cnc(Nc3cc(N4CCN(C)CC4)ccc3OC(F)(F)F)nc1-2. The fraction of sp³-hybridized carbons (Fsp3) is 0.417. The minimum atomic E-state index is -4.86. The molecule has 37 heavy (non-hydrogen) atoms. The highest BCUT2D eigenvalue weighted by Crippen LogP contribution is 2.37. The zero-order valence-electron chi connectivity index (χ0n) is 20.7. The summed E-state index contributed by atoms with van der Waals surface area (Å²) in [4.78, 5) is 25.6. The molecule has 0 spiro atoms. The number of fused-ring (bicyclic) bond motifs is 3. The Morgan fingerprint density at radius 3 is 2.57 bits per heavy atom. The Bertz CT molecular complexity index is 1330. The van der Waals surface area contributed by atoms with Gasteiger partial charge < -0.3 is 25.2 Å². The highest BCUT2D eigenvalue weighted by molar-refractivity contribution is 5.95. The molecule has 2 aromatic heterocycles. The molecule has 196 valence electrons. The van der Waals surface area contributed by atoms with Crippen LogP contribution in [0.2, 0.25) is 0 Å². The largest absolute Gasteiger partial charge is 0.573 e. The first-order chi connectivity index (χ1) is 17.6. The second-order valence-electron chi connectivity index (χ2n) is 9.09. The number of likely N-dealkylation sites (N-methyl/N-ethyl adjacent to an activating group) is 1. The number of hydrogen-bond donors (Lipinski definition) is 2. The summed E-state index contributed by atoms with van der Waals surface area (Å²) in [6, 6.07) is 4.54. The van der Waals surface area contributed by atoms with Crippen LogP contribution in [0, 0.1) is 0 Å². The van der Waals surface area contributed by atoms with Crippen LogP contribution in [0.15, 0.2) is 24.4 Å². The number of piperazine rings is 1. The van der Waals surface area contributed by atoms with Crippen molar-refractivity contribution in [2.75, 3.05) is 50.5 Å². The molecule has 13 heteroatoms. The zero-order chi connectivity index (χ0) is 26.3. The highest BCUT2D eigenvalue weighted by Gasteiger charge is 2.33. The van der Waals surface area contributed by atoms with Crippen molar-refractivity contribution >= 4 is 23.2 Å². The molecule has 10 nitrogen and oxygen atoms in total. The van der Waals surface area contributed by atoms with Gasteiger partial charge in [0, 0.05) is 57.7 Å². The summed E-state index contributed by atoms with van der Waals surface area (Å²) in [5.41, 5.74) is 4.10. The number of amides is 1. The van der Waals surface area contributed by atoms with E-state index in [0.29, 0.717) is 29.9 Å². The summed E-state index contributed by atoms with van der Waals surface area (Å²) in [5.74, 6) is -0.561. The Hall–Kier alpha value is -3.87. The maximum absolute atomic E-state index is 13.2. The monoisotopic (exact) mass is 516 g/mol. The third-order valence-corrected chi connectivity index (χ3v) is 6.62. The van der Waals surface area contributed by atoms with Gasteiger partial charge in [0.1, 0.15) is 0 Å². The first-order valence-corrected chi connectivity index (χ1v) is 11.9. The van der Waals surface area contributed by atoms with Gasteiger partial charge in [-0.15, -0.1) is 13.2 Å². The zero-order valence-corrected chi connectivity index (χ0v) is 20.7. The number of carbonyl (C=O) groups is 1. The lowest BCUT2D eigenvalue weighted by molar-refractivity contribution is -0.274. The second-order valence-corrected chi connectivity index (χ2v) is 9.09. The van der Waals surface area contributed by atoms with E-state index in [9.17, 15) is 18.0 Å². The molecule has 2 aliphatic rings. The standard InChI is InChI=1S/C24H27F3N8O2/c1-28-22(36)20-16-6-4-14-13-29-23(31-19(14)21(16)34(3)32-20)30-17-12-15(35-10-8-33(2)9-11-35)5-7-18(17)37-24(25,26)27/h5,7,12-13H,4,6,8-11H2,1-3H3,(H,28,36)(H,29,30,31). The number of nitrogens with one attached hydrogen (secondary N) is 2. The van der Waals surface area contributed by atoms with Crippen LogP contribution in [0.5, 0.6) is 5.75 Å². The van der Waals surface area contributed by atoms with E-state index < -0.39 is 6.36 Å². The van der Waals surface area contributed by atoms with E-state index in [-0.39, 0.29) is 23.3 Å². The number of aryl methyl sites for hydroxylation is 2. The molecule has 1 saturated heterocycles. The summed E-state index contributed by atoms with van der Waals surface area (Å²) in [6.45, 7) is 3.20. The normalized spacial score (nSPS) is 15.7. The van der Waals surface area contributed by atoms with Gasteiger partial charge in [-0.1, -0.05) is 0 Å². The van der Waals surface area contributed by atoms with Gasteiger partial charge in [0.05, 0.1) is 17.1 Å². The molecule has 3 heterocycles. The third kappa shape index (κ3) is 5.03. The number of alkyl halides is 3. The van der Waals surface area contributed by atoms with E-state index in [1.807, 2.05) is 7.05 Å². The molecule has 1 aromatic carbocycles. The summed E-state index contributed by atoms with van der Waals surface area (Å²) in [6.07, 6.45) is -2.00. The van der Waals surface area contributed by atoms with Crippen molar-refractivity contribution in [3.8, 4) is 17.1 Å². The van der Waals surface area contributed by atoms with Gasteiger partial charge in [0.15, 0.2) is 11.4 Å². The van der Waals surface area contributed by atoms with Gasteiger partial charge in [0.2, 0.25) is 5.95 Å². The number of anilines is 3. The van der Waals surface area contributed by atoms with E-state index in [4.69, 9.17) is 0 Å². The molecule has 5 rings (SSSR count). The Morgan fingerprint density at radius 1 is 1.11 bits per heavy atom. The fourth-order valence-corrected chi connectivity index (χ4v) is 4.73. The molecule has 2 N–H and O–H groups in total. The molecule has 0 saturated carbocycles. The van der Waals surface area contributed by atoms with Crippen molar-refractivity contribution in [2.24, 2.45) is 7.05 Å². The van der Waals surface area contributed by atoms with Crippen molar-refractivity contribution in [2.45, 2.75) is 19.2 Å². The average molecular weight is 517 g/mol. The maximum Gasteiger partial charge on any atom is 0.573 e. The van der Waals surface area contributed by atoms with Crippen molar-refractivity contribution in [1.29, 1.82) is 0 Å². The van der Waals surface area contributed by atoms with E-state index in [2.05, 4.69) is 40.2 Å². The van der Waals surface area contributed by atoms with Crippen LogP contribution in [-0.2, 0) is 19.9 Å². The van der Waals surface area contributed by atoms with E-state index in [0.717, 1.165) is 43.0 Å². The smallest absolute Gasteiger partial charge is 0.404 e. The van der Waals surface area contributed by atoms with Crippen LogP contribution in [-0.4, -0.2) is 77.2 Å². The lowest BCUT2D eigenvalue weighted by Gasteiger charge is -2.34. The van der Waals surface area contributed by atoms with Crippen LogP contribution in [0.3, 0.4) is 0 Å². The molecule has 0 atom stereocenters. The molecule has 3 aromatic rings. The molecule has 1 aliphatic heterocycles. The van der Waals surface area contributed by atoms with E-state index >= 15 is 0 Å². The number of benzene rings is 1. The number of carbonyl (C=O) groups excluding carboxylic acids is 1. The van der Waals surface area contributed by atoms with Crippen LogP contribution in [0.1, 0.15) is 21.6 Å². The molecule has 1 fully saturated rings. The summed E-state index contributed by atoms with van der Waals surface area (Å²) >= 11 is 0. The molecular weight excluding hydrogens is 489 g/mol. The summed E-state index contributed by atoms with van der Waals surface area (Å²) < 4.78 is 45.3. The van der Waals surface area contributed by atoms with Crippen molar-refractivity contribution in [3.05, 3.63) is 41.2 Å². The topological polar surface area (TPSA) is 100 Å². The molecule has 0 bridgehead atoms. The molecule has 1 aliphatic carbocycles. The van der Waals surface area contributed by atoms with Crippen LogP contribution >= 0.6 is 0 Å². The van der Waals surface area contributed by atoms with E-state index in [1.165, 1.54) is 6.07 Å². The first-order valence-electron chi connectivity index (χ1n) is 11.9. The van der Waals surface area contributed by atoms with Crippen LogP contribution in [0.4, 0.5) is 30.5 Å². The minimum Gasteiger partial charge on any atom is -0.404 e. The quantitative estimate of drug-likeness (QED) is 0.534. The Balaban J connectivity index is 1.51. The number of ether oxygens (including phenoxy) is 1. The number of hydrogen-bond acceptors (Lipinski definition) is 8. The Labute approximate surface area is 211 Å². The number of aromatic nitrogens is 4. The molecule has 1 amide bonds. The molecule has 0 unspecified atom stereocenters. The Morgan fingerprint density at radius 2 is 1.86 bits per heavy atom. The van der Waals surface area contributed by atoms with Crippen molar-refractivity contribution < 1.29 is 22.7 Å². The van der Waals surface area contributed by atoms with Gasteiger partial charge in [-0.3, -0.25) is 9.48 Å². The molecular formula is C24H27F3N8O2. The fourth-order valence-electron chi connectivity index (χ4n) is 4.73. The minimum absolute atomic E-state index is 0.0980. The average Bonchev–Trinajstić information content (AvgIpc) is 3.21. The van der Waals surface area contributed by atoms with Crippen LogP contribution in [0.25, 0.3) is 11.4 Å². The van der Waals surface area contributed by atoms with Gasteiger partial charge in [-0.25, -0.2) is 9.97 Å². The van der Waals surface area contributed by atoms with Crippen molar-refractivity contribution in [1.82, 2.24) is 30.0 Å². The lowest BCUT2D eigenvalue weighted by Crippen LogP contribution is -2.44. The second kappa shape index (κ2) is 9.54. The highest BCUT2D eigenvalue weighted by atomic mass is 19.4. The van der Waals surface area contributed by atoms with Gasteiger partial charge in [0.25, 0.3) is 5.91 Å².